The van der Waals surface area contributed by atoms with Crippen molar-refractivity contribution in [2.75, 3.05) is 13.1 Å². The SMILES string of the molecule is CCCNC(=O)Cn1cc(CCCN)nn1. The molecular formula is C10H19N5O. The molecule has 0 radical (unpaired) electrons. The summed E-state index contributed by atoms with van der Waals surface area (Å²) in [6, 6.07) is 0. The molecule has 0 aliphatic carbocycles. The summed E-state index contributed by atoms with van der Waals surface area (Å²) in [4.78, 5) is 11.4. The van der Waals surface area contributed by atoms with Crippen molar-refractivity contribution in [2.45, 2.75) is 32.7 Å². The first-order chi connectivity index (χ1) is 7.76. The number of nitrogens with one attached hydrogen (secondary N) is 1. The monoisotopic (exact) mass is 225 g/mol. The van der Waals surface area contributed by atoms with E-state index in [2.05, 4.69) is 15.6 Å². The van der Waals surface area contributed by atoms with Crippen molar-refractivity contribution in [1.82, 2.24) is 20.3 Å². The van der Waals surface area contributed by atoms with Crippen molar-refractivity contribution in [3.05, 3.63) is 11.9 Å². The van der Waals surface area contributed by atoms with Crippen LogP contribution >= 0.6 is 0 Å². The van der Waals surface area contributed by atoms with Crippen LogP contribution in [0.3, 0.4) is 0 Å². The number of nitrogens with two attached hydrogens (primary N) is 1. The first-order valence-corrected chi connectivity index (χ1v) is 5.62. The normalized spacial score (nSPS) is 10.4. The fraction of sp³-hybridized carbons (Fsp3) is 0.700. The maximum Gasteiger partial charge on any atom is 0.241 e. The molecule has 6 nitrogen and oxygen atoms in total. The summed E-state index contributed by atoms with van der Waals surface area (Å²) in [5.41, 5.74) is 6.28. The summed E-state index contributed by atoms with van der Waals surface area (Å²) in [6.07, 6.45) is 4.43. The van der Waals surface area contributed by atoms with Crippen LogP contribution in [0, 0.1) is 0 Å². The fourth-order valence-corrected chi connectivity index (χ4v) is 1.28. The summed E-state index contributed by atoms with van der Waals surface area (Å²) >= 11 is 0. The number of carbonyl (C=O) groups excluding carboxylic acids is 1. The molecule has 0 saturated carbocycles. The molecule has 1 amide bonds. The molecule has 0 unspecified atom stereocenters. The van der Waals surface area contributed by atoms with Crippen LogP contribution in [0.1, 0.15) is 25.5 Å². The molecule has 90 valence electrons. The van der Waals surface area contributed by atoms with E-state index in [-0.39, 0.29) is 12.5 Å². The largest absolute Gasteiger partial charge is 0.355 e. The van der Waals surface area contributed by atoms with Gasteiger partial charge in [-0.3, -0.25) is 4.79 Å². The minimum atomic E-state index is -0.0304. The lowest BCUT2D eigenvalue weighted by Crippen LogP contribution is -2.28. The molecule has 16 heavy (non-hydrogen) atoms. The summed E-state index contributed by atoms with van der Waals surface area (Å²) in [5, 5.41) is 10.6. The summed E-state index contributed by atoms with van der Waals surface area (Å²) in [7, 11) is 0. The fourth-order valence-electron chi connectivity index (χ4n) is 1.28. The predicted octanol–water partition coefficient (Wildman–Crippen LogP) is -0.304. The maximum absolute atomic E-state index is 11.4. The molecule has 1 rings (SSSR count). The molecule has 6 heteroatoms. The minimum absolute atomic E-state index is 0.0304. The Bertz CT molecular complexity index is 323. The van der Waals surface area contributed by atoms with E-state index >= 15 is 0 Å². The van der Waals surface area contributed by atoms with Gasteiger partial charge in [0.05, 0.1) is 5.69 Å². The number of aromatic nitrogens is 3. The number of hydrogen-bond donors (Lipinski definition) is 2. The third-order valence-electron chi connectivity index (χ3n) is 2.10. The lowest BCUT2D eigenvalue weighted by Gasteiger charge is -2.01. The Morgan fingerprint density at radius 1 is 1.62 bits per heavy atom. The van der Waals surface area contributed by atoms with Crippen LogP contribution in [0.15, 0.2) is 6.20 Å². The Kier molecular flexibility index (Phi) is 5.49. The average Bonchev–Trinajstić information content (AvgIpc) is 2.71. The Morgan fingerprint density at radius 3 is 3.12 bits per heavy atom. The van der Waals surface area contributed by atoms with Gasteiger partial charge in [0.2, 0.25) is 5.91 Å². The second-order valence-electron chi connectivity index (χ2n) is 3.65. The lowest BCUT2D eigenvalue weighted by molar-refractivity contribution is -0.121. The maximum atomic E-state index is 11.4. The van der Waals surface area contributed by atoms with Gasteiger partial charge in [-0.15, -0.1) is 5.10 Å². The van der Waals surface area contributed by atoms with Crippen molar-refractivity contribution >= 4 is 5.91 Å². The highest BCUT2D eigenvalue weighted by molar-refractivity contribution is 5.75. The van der Waals surface area contributed by atoms with Gasteiger partial charge < -0.3 is 11.1 Å². The Hall–Kier alpha value is -1.43. The standard InChI is InChI=1S/C10H19N5O/c1-2-6-12-10(16)8-15-7-9(13-14-15)4-3-5-11/h7H,2-6,8,11H2,1H3,(H,12,16). The topological polar surface area (TPSA) is 85.8 Å². The highest BCUT2D eigenvalue weighted by Gasteiger charge is 2.04. The van der Waals surface area contributed by atoms with Gasteiger partial charge in [0, 0.05) is 12.7 Å². The molecule has 0 saturated heterocycles. The van der Waals surface area contributed by atoms with E-state index in [1.807, 2.05) is 6.92 Å². The van der Waals surface area contributed by atoms with Crippen molar-refractivity contribution in [1.29, 1.82) is 0 Å². The smallest absolute Gasteiger partial charge is 0.241 e. The van der Waals surface area contributed by atoms with Gasteiger partial charge in [-0.25, -0.2) is 4.68 Å². The second-order valence-corrected chi connectivity index (χ2v) is 3.65. The van der Waals surface area contributed by atoms with E-state index < -0.39 is 0 Å². The Morgan fingerprint density at radius 2 is 2.44 bits per heavy atom. The number of amides is 1. The number of rotatable bonds is 7. The molecule has 0 atom stereocenters. The minimum Gasteiger partial charge on any atom is -0.355 e. The van der Waals surface area contributed by atoms with E-state index in [0.717, 1.165) is 25.0 Å². The van der Waals surface area contributed by atoms with Gasteiger partial charge in [-0.1, -0.05) is 12.1 Å². The molecule has 1 heterocycles. The zero-order valence-corrected chi connectivity index (χ0v) is 9.65. The van der Waals surface area contributed by atoms with Gasteiger partial charge in [0.25, 0.3) is 0 Å². The molecule has 0 fully saturated rings. The van der Waals surface area contributed by atoms with E-state index in [4.69, 9.17) is 5.73 Å². The van der Waals surface area contributed by atoms with E-state index in [9.17, 15) is 4.79 Å². The highest BCUT2D eigenvalue weighted by Crippen LogP contribution is 1.96. The van der Waals surface area contributed by atoms with Gasteiger partial charge in [0.15, 0.2) is 0 Å². The molecule has 1 aromatic heterocycles. The quantitative estimate of drug-likeness (QED) is 0.667. The van der Waals surface area contributed by atoms with Crippen LogP contribution in [-0.4, -0.2) is 34.0 Å². The number of aryl methyl sites for hydroxylation is 1. The van der Waals surface area contributed by atoms with Crippen molar-refractivity contribution in [3.63, 3.8) is 0 Å². The zero-order chi connectivity index (χ0) is 11.8. The molecule has 0 spiro atoms. The number of nitrogens with zero attached hydrogens (tertiary/aromatic N) is 3. The summed E-state index contributed by atoms with van der Waals surface area (Å²) in [5.74, 6) is -0.0304. The summed E-state index contributed by atoms with van der Waals surface area (Å²) in [6.45, 7) is 3.59. The van der Waals surface area contributed by atoms with Crippen LogP contribution in [0.25, 0.3) is 0 Å². The average molecular weight is 225 g/mol. The van der Waals surface area contributed by atoms with Gasteiger partial charge in [-0.2, -0.15) is 0 Å². The number of carbonyl (C=O) groups is 1. The molecule has 0 aromatic carbocycles. The van der Waals surface area contributed by atoms with Crippen LogP contribution in [0.2, 0.25) is 0 Å². The molecule has 0 aliphatic rings. The van der Waals surface area contributed by atoms with Gasteiger partial charge in [0.1, 0.15) is 6.54 Å². The van der Waals surface area contributed by atoms with E-state index in [0.29, 0.717) is 13.1 Å². The Labute approximate surface area is 95.2 Å². The molecular weight excluding hydrogens is 206 g/mol. The van der Waals surface area contributed by atoms with Crippen LogP contribution in [0.5, 0.6) is 0 Å². The van der Waals surface area contributed by atoms with Crippen LogP contribution in [0.4, 0.5) is 0 Å². The van der Waals surface area contributed by atoms with Crippen LogP contribution in [-0.2, 0) is 17.8 Å². The number of hydrogen-bond acceptors (Lipinski definition) is 4. The predicted molar refractivity (Wildman–Crippen MR) is 60.7 cm³/mol. The highest BCUT2D eigenvalue weighted by atomic mass is 16.2. The van der Waals surface area contributed by atoms with Crippen molar-refractivity contribution in [3.8, 4) is 0 Å². The molecule has 3 N–H and O–H groups in total. The third-order valence-corrected chi connectivity index (χ3v) is 2.10. The molecule has 1 aromatic rings. The van der Waals surface area contributed by atoms with Crippen molar-refractivity contribution in [2.24, 2.45) is 5.73 Å². The first-order valence-electron chi connectivity index (χ1n) is 5.62. The molecule has 0 aliphatic heterocycles. The Balaban J connectivity index is 2.36. The summed E-state index contributed by atoms with van der Waals surface area (Å²) < 4.78 is 1.55. The van der Waals surface area contributed by atoms with E-state index in [1.54, 1.807) is 10.9 Å². The second kappa shape index (κ2) is 6.95. The van der Waals surface area contributed by atoms with E-state index in [1.165, 1.54) is 0 Å². The lowest BCUT2D eigenvalue weighted by atomic mass is 10.2. The van der Waals surface area contributed by atoms with Crippen molar-refractivity contribution < 1.29 is 4.79 Å². The zero-order valence-electron chi connectivity index (χ0n) is 9.65. The van der Waals surface area contributed by atoms with Gasteiger partial charge >= 0.3 is 0 Å². The van der Waals surface area contributed by atoms with Gasteiger partial charge in [-0.05, 0) is 25.8 Å². The first kappa shape index (κ1) is 12.6. The van der Waals surface area contributed by atoms with Crippen LogP contribution < -0.4 is 11.1 Å². The third kappa shape index (κ3) is 4.39. The molecule has 0 bridgehead atoms.